The molecule has 2 aliphatic rings. The van der Waals surface area contributed by atoms with Crippen LogP contribution in [0.15, 0.2) is 60.7 Å². The average molecular weight is 705 g/mol. The third-order valence-corrected chi connectivity index (χ3v) is 12.8. The maximum atomic E-state index is 11.8. The zero-order chi connectivity index (χ0) is 33.5. The fraction of sp³-hybridized carbons (Fsp3) is 0.447. The molecule has 0 amide bonds. The molecule has 3 heterocycles. The molecule has 0 bridgehead atoms. The molecule has 4 aromatic rings. The van der Waals surface area contributed by atoms with Gasteiger partial charge in [0.25, 0.3) is 0 Å². The zero-order valence-electron chi connectivity index (χ0n) is 28.5. The molecule has 48 heavy (non-hydrogen) atoms. The molecule has 0 radical (unpaired) electrons. The second kappa shape index (κ2) is 16.7. The molecule has 0 spiro atoms. The van der Waals surface area contributed by atoms with Gasteiger partial charge in [-0.2, -0.15) is 0 Å². The van der Waals surface area contributed by atoms with Crippen LogP contribution < -0.4 is 9.47 Å². The Hall–Kier alpha value is -2.83. The van der Waals surface area contributed by atoms with Gasteiger partial charge in [0.2, 0.25) is 0 Å². The number of piperazine rings is 2. The number of phenolic OH excluding ortho intramolecular Hbond substituents is 1. The maximum Gasteiger partial charge on any atom is 0.124 e. The van der Waals surface area contributed by atoms with Crippen molar-refractivity contribution in [2.75, 3.05) is 66.6 Å². The van der Waals surface area contributed by atoms with Crippen LogP contribution in [0.2, 0.25) is 0 Å². The van der Waals surface area contributed by atoms with Crippen LogP contribution in [0.3, 0.4) is 0 Å². The molecule has 256 valence electrons. The fourth-order valence-electron chi connectivity index (χ4n) is 6.76. The molecule has 0 unspecified atom stereocenters. The van der Waals surface area contributed by atoms with Crippen LogP contribution in [0.5, 0.6) is 17.2 Å². The van der Waals surface area contributed by atoms with Gasteiger partial charge < -0.3 is 14.6 Å². The highest BCUT2D eigenvalue weighted by Crippen LogP contribution is 2.39. The van der Waals surface area contributed by atoms with Crippen molar-refractivity contribution < 1.29 is 14.6 Å². The standard InChI is InChI=1S/C38H48N4O3S3/c1-4-5-35-37(47-48-38(35)46)30-22-31(26-41-18-14-39(15-19-41)24-28-6-10-33(44-2)11-7-28)36(43)32(23-30)27-42-20-16-40(17-21-42)25-29-8-12-34(45-3)13-9-29/h6-13,22-23,43H,4-5,14-21,24-27H2,1-3H3. The summed E-state index contributed by atoms with van der Waals surface area (Å²) in [5.41, 5.74) is 7.16. The van der Waals surface area contributed by atoms with Gasteiger partial charge in [0, 0.05) is 89.7 Å². The van der Waals surface area contributed by atoms with Crippen LogP contribution >= 0.6 is 32.9 Å². The first-order valence-corrected chi connectivity index (χ1v) is 19.6. The van der Waals surface area contributed by atoms with E-state index >= 15 is 0 Å². The zero-order valence-corrected chi connectivity index (χ0v) is 30.9. The van der Waals surface area contributed by atoms with Crippen molar-refractivity contribution in [2.45, 2.75) is 45.9 Å². The maximum absolute atomic E-state index is 11.8. The molecule has 2 saturated heterocycles. The predicted octanol–water partition coefficient (Wildman–Crippen LogP) is 7.52. The Bertz CT molecular complexity index is 1580. The normalized spacial score (nSPS) is 16.7. The molecule has 6 rings (SSSR count). The van der Waals surface area contributed by atoms with Crippen molar-refractivity contribution in [3.63, 3.8) is 0 Å². The van der Waals surface area contributed by atoms with E-state index in [4.69, 9.17) is 21.7 Å². The van der Waals surface area contributed by atoms with Crippen LogP contribution in [-0.4, -0.2) is 91.3 Å². The molecule has 0 saturated carbocycles. The van der Waals surface area contributed by atoms with Gasteiger partial charge in [0.1, 0.15) is 21.1 Å². The van der Waals surface area contributed by atoms with E-state index in [0.29, 0.717) is 5.75 Å². The number of hydrogen-bond acceptors (Lipinski definition) is 10. The number of aromatic hydroxyl groups is 1. The van der Waals surface area contributed by atoms with Gasteiger partial charge in [-0.25, -0.2) is 0 Å². The van der Waals surface area contributed by atoms with Crippen molar-refractivity contribution in [3.05, 3.63) is 92.3 Å². The van der Waals surface area contributed by atoms with E-state index in [0.717, 1.165) is 118 Å². The fourth-order valence-corrected chi connectivity index (χ4v) is 9.76. The van der Waals surface area contributed by atoms with Crippen molar-refractivity contribution in [1.82, 2.24) is 19.6 Å². The smallest absolute Gasteiger partial charge is 0.124 e. The Labute approximate surface area is 298 Å². The van der Waals surface area contributed by atoms with E-state index < -0.39 is 0 Å². The van der Waals surface area contributed by atoms with Crippen molar-refractivity contribution in [3.8, 4) is 27.7 Å². The summed E-state index contributed by atoms with van der Waals surface area (Å²) in [4.78, 5) is 11.3. The van der Waals surface area contributed by atoms with E-state index in [1.54, 1.807) is 34.9 Å². The number of phenols is 1. The summed E-state index contributed by atoms with van der Waals surface area (Å²) < 4.78 is 11.7. The third-order valence-electron chi connectivity index (χ3n) is 9.60. The summed E-state index contributed by atoms with van der Waals surface area (Å²) in [5.74, 6) is 2.24. The van der Waals surface area contributed by atoms with Crippen molar-refractivity contribution in [1.29, 1.82) is 0 Å². The summed E-state index contributed by atoms with van der Waals surface area (Å²) >= 11 is 5.77. The number of ether oxygens (including phenoxy) is 2. The van der Waals surface area contributed by atoms with Crippen LogP contribution in [-0.2, 0) is 32.6 Å². The Morgan fingerprint density at radius 2 is 1.06 bits per heavy atom. The van der Waals surface area contributed by atoms with Gasteiger partial charge in [0.05, 0.1) is 19.1 Å². The van der Waals surface area contributed by atoms with Crippen LogP contribution in [0, 0.1) is 3.82 Å². The van der Waals surface area contributed by atoms with E-state index in [-0.39, 0.29) is 0 Å². The summed E-state index contributed by atoms with van der Waals surface area (Å²) in [7, 11) is 6.91. The summed E-state index contributed by atoms with van der Waals surface area (Å²) in [6.45, 7) is 13.5. The number of methoxy groups -OCH3 is 2. The van der Waals surface area contributed by atoms with Crippen LogP contribution in [0.25, 0.3) is 10.4 Å². The highest BCUT2D eigenvalue weighted by Gasteiger charge is 2.23. The molecular formula is C38H48N4O3S3. The lowest BCUT2D eigenvalue weighted by molar-refractivity contribution is 0.119. The average Bonchev–Trinajstić information content (AvgIpc) is 3.48. The van der Waals surface area contributed by atoms with Crippen LogP contribution in [0.4, 0.5) is 0 Å². The Morgan fingerprint density at radius 3 is 1.46 bits per heavy atom. The summed E-state index contributed by atoms with van der Waals surface area (Å²) in [5, 5.41) is 11.8. The molecule has 3 aromatic carbocycles. The Kier molecular flexibility index (Phi) is 12.2. The molecule has 1 aromatic heterocycles. The number of nitrogens with zero attached hydrogens (tertiary/aromatic N) is 4. The first kappa shape index (κ1) is 35.0. The summed E-state index contributed by atoms with van der Waals surface area (Å²) in [6.07, 6.45) is 2.06. The lowest BCUT2D eigenvalue weighted by Gasteiger charge is -2.36. The van der Waals surface area contributed by atoms with Gasteiger partial charge in [-0.1, -0.05) is 70.5 Å². The van der Waals surface area contributed by atoms with E-state index in [9.17, 15) is 5.11 Å². The summed E-state index contributed by atoms with van der Waals surface area (Å²) in [6, 6.07) is 21.3. The molecule has 1 N–H and O–H groups in total. The van der Waals surface area contributed by atoms with Gasteiger partial charge in [-0.3, -0.25) is 19.6 Å². The molecule has 0 atom stereocenters. The largest absolute Gasteiger partial charge is 0.507 e. The predicted molar refractivity (Wildman–Crippen MR) is 201 cm³/mol. The molecule has 2 fully saturated rings. The van der Waals surface area contributed by atoms with E-state index in [1.165, 1.54) is 27.1 Å². The first-order valence-electron chi connectivity index (χ1n) is 17.0. The minimum absolute atomic E-state index is 0.455. The SMILES string of the molecule is CCCc1c(-c2cc(CN3CCN(Cc4ccc(OC)cc4)CC3)c(O)c(CN3CCN(Cc4ccc(OC)cc4)CC3)c2)ssc1=S. The first-order chi connectivity index (χ1) is 23.4. The minimum Gasteiger partial charge on any atom is -0.507 e. The monoisotopic (exact) mass is 704 g/mol. The van der Waals surface area contributed by atoms with Crippen molar-refractivity contribution >= 4 is 32.9 Å². The van der Waals surface area contributed by atoms with E-state index in [1.807, 2.05) is 24.3 Å². The van der Waals surface area contributed by atoms with Gasteiger partial charge in [-0.05, 0) is 65.1 Å². The number of hydrogen-bond donors (Lipinski definition) is 1. The Balaban J connectivity index is 1.14. The lowest BCUT2D eigenvalue weighted by atomic mass is 9.99. The van der Waals surface area contributed by atoms with Gasteiger partial charge in [0.15, 0.2) is 0 Å². The second-order valence-corrected chi connectivity index (χ2v) is 15.8. The Morgan fingerprint density at radius 1 is 0.646 bits per heavy atom. The molecule has 10 heteroatoms. The minimum atomic E-state index is 0.455. The number of benzene rings is 3. The molecular weight excluding hydrogens is 657 g/mol. The highest BCUT2D eigenvalue weighted by atomic mass is 32.9. The van der Waals surface area contributed by atoms with E-state index in [2.05, 4.69) is 62.9 Å². The third kappa shape index (κ3) is 8.84. The van der Waals surface area contributed by atoms with Crippen molar-refractivity contribution in [2.24, 2.45) is 0 Å². The number of rotatable bonds is 13. The van der Waals surface area contributed by atoms with Gasteiger partial charge in [-0.15, -0.1) is 0 Å². The molecule has 2 aliphatic heterocycles. The molecule has 0 aliphatic carbocycles. The lowest BCUT2D eigenvalue weighted by Crippen LogP contribution is -2.45. The van der Waals surface area contributed by atoms with Gasteiger partial charge >= 0.3 is 0 Å². The molecule has 7 nitrogen and oxygen atoms in total. The highest BCUT2D eigenvalue weighted by molar-refractivity contribution is 7.80. The van der Waals surface area contributed by atoms with Crippen LogP contribution in [0.1, 0.15) is 41.2 Å². The topological polar surface area (TPSA) is 51.7 Å². The second-order valence-electron chi connectivity index (χ2n) is 13.0. The quantitative estimate of drug-likeness (QED) is 0.113.